The van der Waals surface area contributed by atoms with E-state index >= 15 is 0 Å². The van der Waals surface area contributed by atoms with Gasteiger partial charge in [-0.2, -0.15) is 0 Å². The van der Waals surface area contributed by atoms with Crippen LogP contribution in [0.15, 0.2) is 28.7 Å². The Kier molecular flexibility index (Phi) is 2.64. The maximum Gasteiger partial charge on any atom is 0.0867 e. The molecule has 0 saturated heterocycles. The summed E-state index contributed by atoms with van der Waals surface area (Å²) < 4.78 is 1.04. The fourth-order valence-corrected chi connectivity index (χ4v) is 2.17. The molecule has 3 heteroatoms. The molecule has 2 nitrogen and oxygen atoms in total. The van der Waals surface area contributed by atoms with Crippen molar-refractivity contribution in [3.8, 4) is 0 Å². The van der Waals surface area contributed by atoms with Crippen molar-refractivity contribution < 1.29 is 10.2 Å². The molecule has 2 rings (SSSR count). The smallest absolute Gasteiger partial charge is 0.0867 e. The van der Waals surface area contributed by atoms with E-state index in [1.165, 1.54) is 0 Å². The molecular formula is C11H13BrO2. The zero-order valence-electron chi connectivity index (χ0n) is 7.78. The monoisotopic (exact) mass is 256 g/mol. The van der Waals surface area contributed by atoms with E-state index in [4.69, 9.17) is 5.11 Å². The molecule has 1 unspecified atom stereocenters. The van der Waals surface area contributed by atoms with E-state index < -0.39 is 6.10 Å². The lowest BCUT2D eigenvalue weighted by Crippen LogP contribution is -2.29. The molecule has 1 aromatic rings. The molecule has 1 aliphatic carbocycles. The second kappa shape index (κ2) is 3.65. The second-order valence-electron chi connectivity index (χ2n) is 3.86. The summed E-state index contributed by atoms with van der Waals surface area (Å²) in [4.78, 5) is 0. The molecule has 1 aliphatic rings. The molecule has 0 spiro atoms. The summed E-state index contributed by atoms with van der Waals surface area (Å²) in [5.74, 6) is 0. The van der Waals surface area contributed by atoms with Gasteiger partial charge in [-0.25, -0.2) is 0 Å². The van der Waals surface area contributed by atoms with Crippen molar-refractivity contribution in [1.29, 1.82) is 0 Å². The Labute approximate surface area is 91.7 Å². The van der Waals surface area contributed by atoms with Crippen LogP contribution in [0.4, 0.5) is 0 Å². The van der Waals surface area contributed by atoms with Gasteiger partial charge in [-0.05, 0) is 30.5 Å². The summed E-state index contributed by atoms with van der Waals surface area (Å²) in [7, 11) is 0. The van der Waals surface area contributed by atoms with Crippen molar-refractivity contribution in [3.05, 3.63) is 34.3 Å². The fraction of sp³-hybridized carbons (Fsp3) is 0.455. The lowest BCUT2D eigenvalue weighted by atomic mass is 9.90. The molecule has 76 valence electrons. The van der Waals surface area contributed by atoms with Crippen molar-refractivity contribution in [1.82, 2.24) is 0 Å². The van der Waals surface area contributed by atoms with Crippen molar-refractivity contribution in [2.45, 2.75) is 24.4 Å². The highest BCUT2D eigenvalue weighted by molar-refractivity contribution is 9.10. The maximum absolute atomic E-state index is 9.71. The van der Waals surface area contributed by atoms with Crippen LogP contribution in [0.3, 0.4) is 0 Å². The van der Waals surface area contributed by atoms with Crippen molar-refractivity contribution in [2.24, 2.45) is 0 Å². The standard InChI is InChI=1S/C11H13BrO2/c12-9-3-1-8(2-4-9)11(5-6-11)10(14)7-13/h1-4,10,13-14H,5-7H2. The first kappa shape index (κ1) is 10.1. The molecule has 0 amide bonds. The van der Waals surface area contributed by atoms with Gasteiger partial charge in [0.15, 0.2) is 0 Å². The van der Waals surface area contributed by atoms with E-state index in [1.807, 2.05) is 24.3 Å². The van der Waals surface area contributed by atoms with Gasteiger partial charge in [0.2, 0.25) is 0 Å². The van der Waals surface area contributed by atoms with Gasteiger partial charge in [-0.15, -0.1) is 0 Å². The lowest BCUT2D eigenvalue weighted by molar-refractivity contribution is 0.0639. The number of halogens is 1. The Bertz CT molecular complexity index is 317. The van der Waals surface area contributed by atoms with E-state index in [1.54, 1.807) is 0 Å². The first-order chi connectivity index (χ1) is 6.69. The van der Waals surface area contributed by atoms with Crippen LogP contribution in [-0.4, -0.2) is 22.9 Å². The minimum atomic E-state index is -0.622. The number of benzene rings is 1. The maximum atomic E-state index is 9.71. The Balaban J connectivity index is 2.26. The van der Waals surface area contributed by atoms with Crippen molar-refractivity contribution in [3.63, 3.8) is 0 Å². The molecule has 0 aromatic heterocycles. The first-order valence-corrected chi connectivity index (χ1v) is 5.53. The van der Waals surface area contributed by atoms with E-state index in [-0.39, 0.29) is 12.0 Å². The summed E-state index contributed by atoms with van der Waals surface area (Å²) in [6.45, 7) is -0.157. The number of rotatable bonds is 3. The highest BCUT2D eigenvalue weighted by Crippen LogP contribution is 2.50. The van der Waals surface area contributed by atoms with Crippen molar-refractivity contribution >= 4 is 15.9 Å². The quantitative estimate of drug-likeness (QED) is 0.867. The second-order valence-corrected chi connectivity index (χ2v) is 4.78. The molecule has 0 bridgehead atoms. The van der Waals surface area contributed by atoms with Gasteiger partial charge in [0, 0.05) is 9.89 Å². The predicted molar refractivity (Wildman–Crippen MR) is 58.1 cm³/mol. The Hall–Kier alpha value is -0.380. The molecule has 14 heavy (non-hydrogen) atoms. The largest absolute Gasteiger partial charge is 0.394 e. The van der Waals surface area contributed by atoms with Crippen molar-refractivity contribution in [2.75, 3.05) is 6.61 Å². The predicted octanol–water partition coefficient (Wildman–Crippen LogP) is 1.83. The average Bonchev–Trinajstić information content (AvgIpc) is 2.99. The first-order valence-electron chi connectivity index (χ1n) is 4.74. The van der Waals surface area contributed by atoms with E-state index in [2.05, 4.69) is 15.9 Å². The third-order valence-corrected chi connectivity index (χ3v) is 3.55. The van der Waals surface area contributed by atoms with Gasteiger partial charge in [-0.3, -0.25) is 0 Å². The number of hydrogen-bond acceptors (Lipinski definition) is 2. The molecule has 1 saturated carbocycles. The SMILES string of the molecule is OCC(O)C1(c2ccc(Br)cc2)CC1. The minimum absolute atomic E-state index is 0.157. The summed E-state index contributed by atoms with van der Waals surface area (Å²) in [5.41, 5.74) is 0.956. The summed E-state index contributed by atoms with van der Waals surface area (Å²) in [6, 6.07) is 7.96. The Morgan fingerprint density at radius 1 is 1.29 bits per heavy atom. The molecule has 0 aliphatic heterocycles. The third-order valence-electron chi connectivity index (χ3n) is 3.02. The minimum Gasteiger partial charge on any atom is -0.394 e. The molecular weight excluding hydrogens is 244 g/mol. The normalized spacial score (nSPS) is 20.5. The highest BCUT2D eigenvalue weighted by atomic mass is 79.9. The Morgan fingerprint density at radius 3 is 2.29 bits per heavy atom. The van der Waals surface area contributed by atoms with Crippen LogP contribution in [0.2, 0.25) is 0 Å². The van der Waals surface area contributed by atoms with E-state index in [0.717, 1.165) is 22.9 Å². The summed E-state index contributed by atoms with van der Waals surface area (Å²) in [5, 5.41) is 18.7. The molecule has 1 fully saturated rings. The van der Waals surface area contributed by atoms with Gasteiger partial charge in [0.1, 0.15) is 0 Å². The molecule has 0 radical (unpaired) electrons. The molecule has 1 atom stereocenters. The van der Waals surface area contributed by atoms with Crippen LogP contribution >= 0.6 is 15.9 Å². The third kappa shape index (κ3) is 1.60. The average molecular weight is 257 g/mol. The Morgan fingerprint density at radius 2 is 1.86 bits per heavy atom. The van der Waals surface area contributed by atoms with Crippen LogP contribution < -0.4 is 0 Å². The number of aliphatic hydroxyl groups excluding tert-OH is 2. The zero-order valence-corrected chi connectivity index (χ0v) is 9.37. The van der Waals surface area contributed by atoms with Crippen LogP contribution in [0, 0.1) is 0 Å². The van der Waals surface area contributed by atoms with Crippen LogP contribution in [0.5, 0.6) is 0 Å². The van der Waals surface area contributed by atoms with E-state index in [0.29, 0.717) is 0 Å². The number of aliphatic hydroxyl groups is 2. The van der Waals surface area contributed by atoms with Gasteiger partial charge >= 0.3 is 0 Å². The van der Waals surface area contributed by atoms with Gasteiger partial charge in [0.25, 0.3) is 0 Å². The molecule has 0 heterocycles. The van der Waals surface area contributed by atoms with Gasteiger partial charge < -0.3 is 10.2 Å². The van der Waals surface area contributed by atoms with E-state index in [9.17, 15) is 5.11 Å². The number of hydrogen-bond donors (Lipinski definition) is 2. The highest BCUT2D eigenvalue weighted by Gasteiger charge is 2.49. The van der Waals surface area contributed by atoms with Crippen LogP contribution in [0.1, 0.15) is 18.4 Å². The fourth-order valence-electron chi connectivity index (χ4n) is 1.91. The lowest BCUT2D eigenvalue weighted by Gasteiger charge is -2.20. The summed E-state index contributed by atoms with van der Waals surface area (Å²) >= 11 is 3.37. The summed E-state index contributed by atoms with van der Waals surface area (Å²) in [6.07, 6.45) is 1.32. The van der Waals surface area contributed by atoms with Crippen LogP contribution in [-0.2, 0) is 5.41 Å². The van der Waals surface area contributed by atoms with Gasteiger partial charge in [-0.1, -0.05) is 28.1 Å². The van der Waals surface area contributed by atoms with Gasteiger partial charge in [0.05, 0.1) is 12.7 Å². The van der Waals surface area contributed by atoms with Crippen LogP contribution in [0.25, 0.3) is 0 Å². The topological polar surface area (TPSA) is 40.5 Å². The molecule has 1 aromatic carbocycles. The zero-order chi connectivity index (χ0) is 10.2. The molecule has 2 N–H and O–H groups in total.